The lowest BCUT2D eigenvalue weighted by Gasteiger charge is -2.24. The molecule has 0 bridgehead atoms. The molecule has 1 N–H and O–H groups in total. The van der Waals surface area contributed by atoms with Gasteiger partial charge in [-0.15, -0.1) is 12.3 Å². The number of ether oxygens (including phenoxy) is 2. The van der Waals surface area contributed by atoms with Crippen molar-refractivity contribution in [2.24, 2.45) is 0 Å². The molecule has 0 unspecified atom stereocenters. The Kier molecular flexibility index (Phi) is 3.81. The van der Waals surface area contributed by atoms with Crippen molar-refractivity contribution >= 4 is 0 Å². The molecule has 3 nitrogen and oxygen atoms in total. The van der Waals surface area contributed by atoms with Crippen molar-refractivity contribution in [2.45, 2.75) is 18.9 Å². The van der Waals surface area contributed by atoms with E-state index in [9.17, 15) is 5.11 Å². The normalized spacial score (nSPS) is 13.7. The second kappa shape index (κ2) is 4.91. The van der Waals surface area contributed by atoms with E-state index in [1.807, 2.05) is 0 Å². The zero-order chi connectivity index (χ0) is 12.2. The third-order valence-corrected chi connectivity index (χ3v) is 2.43. The molecular formula is C13H16O3. The Hall–Kier alpha value is -1.66. The second-order valence-corrected chi connectivity index (χ2v) is 3.72. The molecule has 0 saturated heterocycles. The van der Waals surface area contributed by atoms with Gasteiger partial charge in [-0.1, -0.05) is 0 Å². The molecule has 1 aromatic rings. The quantitative estimate of drug-likeness (QED) is 0.788. The maximum Gasteiger partial charge on any atom is 0.125 e. The molecule has 1 rings (SSSR count). The summed E-state index contributed by atoms with van der Waals surface area (Å²) in [6.07, 6.45) is 5.45. The molecule has 0 aliphatic heterocycles. The van der Waals surface area contributed by atoms with Crippen LogP contribution in [0.2, 0.25) is 0 Å². The highest BCUT2D eigenvalue weighted by Gasteiger charge is 2.26. The highest BCUT2D eigenvalue weighted by Crippen LogP contribution is 2.34. The van der Waals surface area contributed by atoms with E-state index in [4.69, 9.17) is 15.9 Å². The van der Waals surface area contributed by atoms with Gasteiger partial charge in [-0.05, 0) is 25.1 Å². The maximum absolute atomic E-state index is 10.2. The van der Waals surface area contributed by atoms with Crippen LogP contribution in [-0.2, 0) is 5.60 Å². The number of methoxy groups -OCH3 is 2. The number of rotatable bonds is 4. The van der Waals surface area contributed by atoms with Crippen molar-refractivity contribution in [1.29, 1.82) is 0 Å². The molecule has 86 valence electrons. The van der Waals surface area contributed by atoms with Crippen LogP contribution >= 0.6 is 0 Å². The lowest BCUT2D eigenvalue weighted by Crippen LogP contribution is -2.21. The Morgan fingerprint density at radius 2 is 2.06 bits per heavy atom. The number of hydrogen-bond acceptors (Lipinski definition) is 3. The molecule has 0 fully saturated rings. The summed E-state index contributed by atoms with van der Waals surface area (Å²) in [4.78, 5) is 0. The average Bonchev–Trinajstić information content (AvgIpc) is 2.28. The summed E-state index contributed by atoms with van der Waals surface area (Å²) in [5.74, 6) is 3.71. The highest BCUT2D eigenvalue weighted by atomic mass is 16.5. The van der Waals surface area contributed by atoms with Crippen LogP contribution < -0.4 is 9.47 Å². The molecule has 0 aromatic heterocycles. The molecule has 0 heterocycles. The third kappa shape index (κ3) is 2.47. The lowest BCUT2D eigenvalue weighted by atomic mass is 9.92. The number of aliphatic hydroxyl groups is 1. The molecule has 1 aromatic carbocycles. The molecule has 0 saturated carbocycles. The van der Waals surface area contributed by atoms with Crippen molar-refractivity contribution in [3.63, 3.8) is 0 Å². The van der Waals surface area contributed by atoms with E-state index in [0.717, 1.165) is 0 Å². The Labute approximate surface area is 96.0 Å². The summed E-state index contributed by atoms with van der Waals surface area (Å²) < 4.78 is 10.3. The Morgan fingerprint density at radius 3 is 2.56 bits per heavy atom. The number of terminal acetylenes is 1. The van der Waals surface area contributed by atoms with Gasteiger partial charge in [-0.25, -0.2) is 0 Å². The summed E-state index contributed by atoms with van der Waals surface area (Å²) in [7, 11) is 3.12. The van der Waals surface area contributed by atoms with E-state index in [2.05, 4.69) is 5.92 Å². The van der Waals surface area contributed by atoms with Crippen LogP contribution in [-0.4, -0.2) is 19.3 Å². The third-order valence-electron chi connectivity index (χ3n) is 2.43. The first-order valence-electron chi connectivity index (χ1n) is 4.93. The summed E-state index contributed by atoms with van der Waals surface area (Å²) in [6, 6.07) is 5.25. The molecule has 16 heavy (non-hydrogen) atoms. The molecule has 0 aliphatic carbocycles. The largest absolute Gasteiger partial charge is 0.497 e. The maximum atomic E-state index is 10.2. The van der Waals surface area contributed by atoms with Gasteiger partial charge in [-0.3, -0.25) is 0 Å². The van der Waals surface area contributed by atoms with E-state index in [-0.39, 0.29) is 6.42 Å². The summed E-state index contributed by atoms with van der Waals surface area (Å²) in [5, 5.41) is 10.2. The Balaban J connectivity index is 3.23. The van der Waals surface area contributed by atoms with E-state index in [1.54, 1.807) is 39.3 Å². The van der Waals surface area contributed by atoms with Crippen molar-refractivity contribution in [2.75, 3.05) is 14.2 Å². The predicted molar refractivity (Wildman–Crippen MR) is 62.6 cm³/mol. The predicted octanol–water partition coefficient (Wildman–Crippen LogP) is 1.93. The summed E-state index contributed by atoms with van der Waals surface area (Å²) >= 11 is 0. The summed E-state index contributed by atoms with van der Waals surface area (Å²) in [6.45, 7) is 1.66. The first kappa shape index (κ1) is 12.4. The zero-order valence-electron chi connectivity index (χ0n) is 9.78. The topological polar surface area (TPSA) is 38.7 Å². The van der Waals surface area contributed by atoms with E-state index in [1.165, 1.54) is 0 Å². The molecule has 0 aliphatic rings. The summed E-state index contributed by atoms with van der Waals surface area (Å²) in [5.41, 5.74) is -0.485. The van der Waals surface area contributed by atoms with Crippen LogP contribution in [0.3, 0.4) is 0 Å². The van der Waals surface area contributed by atoms with Crippen LogP contribution in [0.25, 0.3) is 0 Å². The zero-order valence-corrected chi connectivity index (χ0v) is 9.78. The average molecular weight is 220 g/mol. The van der Waals surface area contributed by atoms with Gasteiger partial charge in [0.05, 0.1) is 14.2 Å². The first-order chi connectivity index (χ1) is 7.55. The van der Waals surface area contributed by atoms with Gasteiger partial charge in [-0.2, -0.15) is 0 Å². The van der Waals surface area contributed by atoms with Crippen LogP contribution in [0.4, 0.5) is 0 Å². The van der Waals surface area contributed by atoms with Crippen LogP contribution in [0, 0.1) is 12.3 Å². The Morgan fingerprint density at radius 1 is 1.38 bits per heavy atom. The van der Waals surface area contributed by atoms with Crippen molar-refractivity contribution in [1.82, 2.24) is 0 Å². The van der Waals surface area contributed by atoms with Gasteiger partial charge in [0.2, 0.25) is 0 Å². The first-order valence-corrected chi connectivity index (χ1v) is 4.93. The van der Waals surface area contributed by atoms with Gasteiger partial charge in [0.1, 0.15) is 17.1 Å². The van der Waals surface area contributed by atoms with Gasteiger partial charge in [0.15, 0.2) is 0 Å². The molecule has 3 heteroatoms. The molecular weight excluding hydrogens is 204 g/mol. The molecule has 0 spiro atoms. The minimum atomic E-state index is -1.12. The smallest absolute Gasteiger partial charge is 0.125 e. The molecule has 0 amide bonds. The van der Waals surface area contributed by atoms with Gasteiger partial charge >= 0.3 is 0 Å². The standard InChI is InChI=1S/C13H16O3/c1-5-8-13(2,14)11-9-10(15-3)6-7-12(11)16-4/h1,6-7,9,14H,8H2,2-4H3/t13-/m1/s1. The highest BCUT2D eigenvalue weighted by molar-refractivity contribution is 5.44. The van der Waals surface area contributed by atoms with Crippen LogP contribution in [0.1, 0.15) is 18.9 Å². The number of hydrogen-bond donors (Lipinski definition) is 1. The van der Waals surface area contributed by atoms with Crippen molar-refractivity contribution in [3.05, 3.63) is 23.8 Å². The van der Waals surface area contributed by atoms with E-state index in [0.29, 0.717) is 17.1 Å². The number of benzene rings is 1. The minimum absolute atomic E-state index is 0.219. The molecule has 1 atom stereocenters. The van der Waals surface area contributed by atoms with E-state index < -0.39 is 5.60 Å². The van der Waals surface area contributed by atoms with Gasteiger partial charge in [0.25, 0.3) is 0 Å². The SMILES string of the molecule is C#CC[C@@](C)(O)c1cc(OC)ccc1OC. The fourth-order valence-corrected chi connectivity index (χ4v) is 1.53. The second-order valence-electron chi connectivity index (χ2n) is 3.72. The molecule has 0 radical (unpaired) electrons. The van der Waals surface area contributed by atoms with Crippen molar-refractivity contribution < 1.29 is 14.6 Å². The monoisotopic (exact) mass is 220 g/mol. The van der Waals surface area contributed by atoms with E-state index >= 15 is 0 Å². The fourth-order valence-electron chi connectivity index (χ4n) is 1.53. The van der Waals surface area contributed by atoms with Gasteiger partial charge in [0, 0.05) is 12.0 Å². The fraction of sp³-hybridized carbons (Fsp3) is 0.385. The lowest BCUT2D eigenvalue weighted by molar-refractivity contribution is 0.0599. The minimum Gasteiger partial charge on any atom is -0.497 e. The van der Waals surface area contributed by atoms with Crippen LogP contribution in [0.15, 0.2) is 18.2 Å². The van der Waals surface area contributed by atoms with Gasteiger partial charge < -0.3 is 14.6 Å². The Bertz CT molecular complexity index is 402. The van der Waals surface area contributed by atoms with Crippen LogP contribution in [0.5, 0.6) is 11.5 Å². The van der Waals surface area contributed by atoms with Crippen molar-refractivity contribution in [3.8, 4) is 23.8 Å².